The van der Waals surface area contributed by atoms with Gasteiger partial charge in [0.05, 0.1) is 6.42 Å². The fraction of sp³-hybridized carbons (Fsp3) is 0.200. The van der Waals surface area contributed by atoms with E-state index in [0.717, 1.165) is 0 Å². The summed E-state index contributed by atoms with van der Waals surface area (Å²) < 4.78 is 37.6. The van der Waals surface area contributed by atoms with Crippen molar-refractivity contribution >= 4 is 0 Å². The maximum atomic E-state index is 12.5. The van der Waals surface area contributed by atoms with Crippen LogP contribution in [0.2, 0.25) is 0 Å². The zero-order valence-electron chi connectivity index (χ0n) is 9.69. The molecule has 1 aromatic carbocycles. The molecule has 94 valence electrons. The Morgan fingerprint density at radius 1 is 0.889 bits per heavy atom. The molecule has 3 heteroatoms. The second-order valence-corrected chi connectivity index (χ2v) is 4.17. The van der Waals surface area contributed by atoms with Crippen molar-refractivity contribution in [2.24, 2.45) is 0 Å². The molecular formula is C15H13F3. The summed E-state index contributed by atoms with van der Waals surface area (Å²) in [4.78, 5) is 0. The number of alkyl halides is 3. The van der Waals surface area contributed by atoms with Crippen molar-refractivity contribution in [2.45, 2.75) is 18.5 Å². The molecule has 2 rings (SSSR count). The van der Waals surface area contributed by atoms with Crippen LogP contribution < -0.4 is 0 Å². The van der Waals surface area contributed by atoms with Crippen molar-refractivity contribution in [1.82, 2.24) is 0 Å². The SMILES string of the molecule is FC(F)(F)Cc1ccccc1C1C=CC=CC=C1. The van der Waals surface area contributed by atoms with Crippen LogP contribution in [-0.2, 0) is 6.42 Å². The van der Waals surface area contributed by atoms with Crippen LogP contribution in [0.1, 0.15) is 17.0 Å². The van der Waals surface area contributed by atoms with Crippen LogP contribution in [0, 0.1) is 0 Å². The summed E-state index contributed by atoms with van der Waals surface area (Å²) in [5, 5.41) is 0. The highest BCUT2D eigenvalue weighted by molar-refractivity contribution is 5.39. The molecule has 0 spiro atoms. The molecule has 0 unspecified atom stereocenters. The van der Waals surface area contributed by atoms with Crippen LogP contribution >= 0.6 is 0 Å². The van der Waals surface area contributed by atoms with Crippen molar-refractivity contribution in [3.63, 3.8) is 0 Å². The molecule has 0 amide bonds. The van der Waals surface area contributed by atoms with Gasteiger partial charge in [-0.1, -0.05) is 60.7 Å². The summed E-state index contributed by atoms with van der Waals surface area (Å²) >= 11 is 0. The highest BCUT2D eigenvalue weighted by atomic mass is 19.4. The summed E-state index contributed by atoms with van der Waals surface area (Å²) in [6.07, 6.45) is 6.18. The average molecular weight is 250 g/mol. The number of rotatable bonds is 2. The highest BCUT2D eigenvalue weighted by Gasteiger charge is 2.29. The molecule has 0 saturated heterocycles. The second kappa shape index (κ2) is 5.25. The predicted molar refractivity (Wildman–Crippen MR) is 66.4 cm³/mol. The maximum Gasteiger partial charge on any atom is 0.393 e. The number of benzene rings is 1. The van der Waals surface area contributed by atoms with Crippen molar-refractivity contribution in [3.05, 3.63) is 71.8 Å². The summed E-state index contributed by atoms with van der Waals surface area (Å²) in [5.41, 5.74) is 1.05. The Hall–Kier alpha value is -1.77. The monoisotopic (exact) mass is 250 g/mol. The number of halogens is 3. The van der Waals surface area contributed by atoms with Crippen LogP contribution in [0.25, 0.3) is 0 Å². The van der Waals surface area contributed by atoms with E-state index in [1.165, 1.54) is 0 Å². The molecule has 0 bridgehead atoms. The Labute approximate surface area is 104 Å². The summed E-state index contributed by atoms with van der Waals surface area (Å²) in [7, 11) is 0. The van der Waals surface area contributed by atoms with Gasteiger partial charge < -0.3 is 0 Å². The maximum absolute atomic E-state index is 12.5. The third-order valence-corrected chi connectivity index (χ3v) is 2.78. The molecule has 0 aliphatic heterocycles. The lowest BCUT2D eigenvalue weighted by molar-refractivity contribution is -0.127. The van der Waals surface area contributed by atoms with Gasteiger partial charge in [0.1, 0.15) is 0 Å². The van der Waals surface area contributed by atoms with E-state index in [9.17, 15) is 13.2 Å². The van der Waals surface area contributed by atoms with E-state index in [1.807, 2.05) is 36.5 Å². The first-order valence-corrected chi connectivity index (χ1v) is 5.72. The molecule has 0 atom stereocenters. The van der Waals surface area contributed by atoms with E-state index >= 15 is 0 Å². The molecule has 0 aromatic heterocycles. The molecule has 0 N–H and O–H groups in total. The number of allylic oxidation sites excluding steroid dienone is 6. The molecule has 0 heterocycles. The molecule has 1 aliphatic carbocycles. The highest BCUT2D eigenvalue weighted by Crippen LogP contribution is 2.29. The number of hydrogen-bond acceptors (Lipinski definition) is 0. The first-order chi connectivity index (χ1) is 8.56. The molecule has 0 fully saturated rings. The van der Waals surface area contributed by atoms with Gasteiger partial charge in [0.2, 0.25) is 0 Å². The van der Waals surface area contributed by atoms with Gasteiger partial charge in [-0.15, -0.1) is 0 Å². The van der Waals surface area contributed by atoms with Gasteiger partial charge in [0.15, 0.2) is 0 Å². The van der Waals surface area contributed by atoms with Gasteiger partial charge >= 0.3 is 6.18 Å². The van der Waals surface area contributed by atoms with Gasteiger partial charge in [-0.2, -0.15) is 13.2 Å². The summed E-state index contributed by atoms with van der Waals surface area (Å²) in [6, 6.07) is 6.72. The van der Waals surface area contributed by atoms with E-state index in [4.69, 9.17) is 0 Å². The molecular weight excluding hydrogens is 237 g/mol. The minimum Gasteiger partial charge on any atom is -0.171 e. The minimum absolute atomic E-state index is 0.0986. The van der Waals surface area contributed by atoms with Crippen molar-refractivity contribution in [3.8, 4) is 0 Å². The molecule has 0 nitrogen and oxygen atoms in total. The van der Waals surface area contributed by atoms with Gasteiger partial charge in [0, 0.05) is 5.92 Å². The Bertz CT molecular complexity index is 477. The smallest absolute Gasteiger partial charge is 0.171 e. The third-order valence-electron chi connectivity index (χ3n) is 2.78. The van der Waals surface area contributed by atoms with Gasteiger partial charge in [-0.25, -0.2) is 0 Å². The minimum atomic E-state index is -4.17. The van der Waals surface area contributed by atoms with Gasteiger partial charge in [-0.05, 0) is 11.1 Å². The lowest BCUT2D eigenvalue weighted by Gasteiger charge is -2.15. The number of hydrogen-bond donors (Lipinski definition) is 0. The quantitative estimate of drug-likeness (QED) is 0.722. The molecule has 0 radical (unpaired) electrons. The summed E-state index contributed by atoms with van der Waals surface area (Å²) in [5.74, 6) is -0.0986. The van der Waals surface area contributed by atoms with Crippen LogP contribution in [0.15, 0.2) is 60.7 Å². The first-order valence-electron chi connectivity index (χ1n) is 5.72. The Morgan fingerprint density at radius 3 is 2.11 bits per heavy atom. The second-order valence-electron chi connectivity index (χ2n) is 4.17. The molecule has 1 aromatic rings. The lowest BCUT2D eigenvalue weighted by Crippen LogP contribution is -2.13. The summed E-state index contributed by atoms with van der Waals surface area (Å²) in [6.45, 7) is 0. The zero-order valence-corrected chi connectivity index (χ0v) is 9.69. The van der Waals surface area contributed by atoms with Crippen LogP contribution in [0.3, 0.4) is 0 Å². The van der Waals surface area contributed by atoms with E-state index in [1.54, 1.807) is 24.3 Å². The van der Waals surface area contributed by atoms with Gasteiger partial charge in [-0.3, -0.25) is 0 Å². The van der Waals surface area contributed by atoms with Crippen LogP contribution in [0.4, 0.5) is 13.2 Å². The van der Waals surface area contributed by atoms with Crippen LogP contribution in [-0.4, -0.2) is 6.18 Å². The lowest BCUT2D eigenvalue weighted by atomic mass is 9.92. The van der Waals surface area contributed by atoms with E-state index in [2.05, 4.69) is 0 Å². The Morgan fingerprint density at radius 2 is 1.50 bits per heavy atom. The largest absolute Gasteiger partial charge is 0.393 e. The third kappa shape index (κ3) is 3.36. The molecule has 18 heavy (non-hydrogen) atoms. The van der Waals surface area contributed by atoms with E-state index in [0.29, 0.717) is 11.1 Å². The zero-order chi connectivity index (χ0) is 13.0. The molecule has 1 aliphatic rings. The van der Waals surface area contributed by atoms with Gasteiger partial charge in [0.25, 0.3) is 0 Å². The van der Waals surface area contributed by atoms with Crippen molar-refractivity contribution in [1.29, 1.82) is 0 Å². The average Bonchev–Trinajstić information content (AvgIpc) is 2.56. The fourth-order valence-electron chi connectivity index (χ4n) is 2.00. The molecule has 0 saturated carbocycles. The normalized spacial score (nSPS) is 15.9. The fourth-order valence-corrected chi connectivity index (χ4v) is 2.00. The van der Waals surface area contributed by atoms with Crippen LogP contribution in [0.5, 0.6) is 0 Å². The van der Waals surface area contributed by atoms with E-state index in [-0.39, 0.29) is 5.92 Å². The topological polar surface area (TPSA) is 0 Å². The first kappa shape index (κ1) is 12.7. The predicted octanol–water partition coefficient (Wildman–Crippen LogP) is 4.56. The Kier molecular flexibility index (Phi) is 3.70. The van der Waals surface area contributed by atoms with Crippen molar-refractivity contribution in [2.75, 3.05) is 0 Å². The Balaban J connectivity index is 2.33. The standard InChI is InChI=1S/C15H13F3/c16-15(17,18)11-13-9-5-6-10-14(13)12-7-3-1-2-4-8-12/h1-10,12H,11H2. The van der Waals surface area contributed by atoms with Crippen molar-refractivity contribution < 1.29 is 13.2 Å². The van der Waals surface area contributed by atoms with E-state index < -0.39 is 12.6 Å².